The van der Waals surface area contributed by atoms with Crippen LogP contribution in [0.4, 0.5) is 5.69 Å². The van der Waals surface area contributed by atoms with Gasteiger partial charge in [-0.1, -0.05) is 0 Å². The maximum atomic E-state index is 11.6. The molecule has 0 bridgehead atoms. The number of anilines is 1. The Morgan fingerprint density at radius 2 is 2.19 bits per heavy atom. The number of carbonyl (C=O) groups is 2. The van der Waals surface area contributed by atoms with Gasteiger partial charge in [-0.2, -0.15) is 0 Å². The second kappa shape index (κ2) is 5.50. The van der Waals surface area contributed by atoms with E-state index >= 15 is 0 Å². The van der Waals surface area contributed by atoms with E-state index in [0.29, 0.717) is 17.9 Å². The van der Waals surface area contributed by atoms with E-state index in [-0.39, 0.29) is 11.9 Å². The summed E-state index contributed by atoms with van der Waals surface area (Å²) in [5.41, 5.74) is 6.14. The number of amides is 1. The van der Waals surface area contributed by atoms with Crippen molar-refractivity contribution < 1.29 is 14.3 Å². The fourth-order valence-electron chi connectivity index (χ4n) is 1.16. The van der Waals surface area contributed by atoms with E-state index in [1.807, 2.05) is 6.92 Å². The molecule has 0 aromatic carbocycles. The van der Waals surface area contributed by atoms with Crippen molar-refractivity contribution >= 4 is 28.9 Å². The molecular formula is C10H14N2O3S. The van der Waals surface area contributed by atoms with Crippen LogP contribution < -0.4 is 10.9 Å². The standard InChI is InChI=1S/C10H14N2O3S/c1-4-15-10(14)9-6(2)16-5-8(9)12-11-7(3)13/h5,12H,4H2,1-3H3,(H,11,13). The highest BCUT2D eigenvalue weighted by atomic mass is 32.1. The first kappa shape index (κ1) is 12.5. The highest BCUT2D eigenvalue weighted by Crippen LogP contribution is 2.26. The normalized spacial score (nSPS) is 9.69. The summed E-state index contributed by atoms with van der Waals surface area (Å²) < 4.78 is 4.93. The number of rotatable bonds is 4. The number of esters is 1. The predicted molar refractivity (Wildman–Crippen MR) is 62.5 cm³/mol. The highest BCUT2D eigenvalue weighted by molar-refractivity contribution is 7.10. The van der Waals surface area contributed by atoms with Crippen LogP contribution in [0.15, 0.2) is 5.38 Å². The minimum absolute atomic E-state index is 0.223. The summed E-state index contributed by atoms with van der Waals surface area (Å²) in [5.74, 6) is -0.604. The number of ether oxygens (including phenoxy) is 1. The zero-order chi connectivity index (χ0) is 12.1. The third kappa shape index (κ3) is 2.96. The predicted octanol–water partition coefficient (Wildman–Crippen LogP) is 1.70. The van der Waals surface area contributed by atoms with E-state index in [4.69, 9.17) is 4.74 Å². The molecular weight excluding hydrogens is 228 g/mol. The zero-order valence-electron chi connectivity index (χ0n) is 9.42. The first-order valence-electron chi connectivity index (χ1n) is 4.84. The number of hydrogen-bond acceptors (Lipinski definition) is 5. The van der Waals surface area contributed by atoms with Gasteiger partial charge in [0.2, 0.25) is 5.91 Å². The molecule has 0 aliphatic rings. The van der Waals surface area contributed by atoms with E-state index in [2.05, 4.69) is 10.9 Å². The van der Waals surface area contributed by atoms with Crippen molar-refractivity contribution in [2.75, 3.05) is 12.0 Å². The molecule has 5 nitrogen and oxygen atoms in total. The molecule has 1 aromatic rings. The molecule has 88 valence electrons. The molecule has 1 heterocycles. The summed E-state index contributed by atoms with van der Waals surface area (Å²) in [6.45, 7) is 5.29. The Bertz CT molecular complexity index is 401. The van der Waals surface area contributed by atoms with Crippen LogP contribution in [0.3, 0.4) is 0 Å². The average Bonchev–Trinajstić information content (AvgIpc) is 2.57. The fraction of sp³-hybridized carbons (Fsp3) is 0.400. The van der Waals surface area contributed by atoms with Gasteiger partial charge in [-0.3, -0.25) is 15.6 Å². The van der Waals surface area contributed by atoms with Crippen LogP contribution in [-0.2, 0) is 9.53 Å². The van der Waals surface area contributed by atoms with Gasteiger partial charge >= 0.3 is 5.97 Å². The molecule has 0 fully saturated rings. The topological polar surface area (TPSA) is 67.4 Å². The van der Waals surface area contributed by atoms with Gasteiger partial charge in [0, 0.05) is 17.2 Å². The van der Waals surface area contributed by atoms with Crippen molar-refractivity contribution in [2.24, 2.45) is 0 Å². The monoisotopic (exact) mass is 242 g/mol. The second-order valence-electron chi connectivity index (χ2n) is 3.11. The molecule has 0 saturated carbocycles. The number of hydrogen-bond donors (Lipinski definition) is 2. The summed E-state index contributed by atoms with van der Waals surface area (Å²) in [6, 6.07) is 0. The lowest BCUT2D eigenvalue weighted by molar-refractivity contribution is -0.118. The first-order chi connectivity index (χ1) is 7.56. The van der Waals surface area contributed by atoms with Crippen LogP contribution in [0.5, 0.6) is 0 Å². The maximum Gasteiger partial charge on any atom is 0.341 e. The fourth-order valence-corrected chi connectivity index (χ4v) is 1.94. The Balaban J connectivity index is 2.85. The molecule has 1 amide bonds. The van der Waals surface area contributed by atoms with Crippen molar-refractivity contribution in [2.45, 2.75) is 20.8 Å². The summed E-state index contributed by atoms with van der Waals surface area (Å²) in [7, 11) is 0. The third-order valence-corrected chi connectivity index (χ3v) is 2.74. The Hall–Kier alpha value is -1.56. The third-order valence-electron chi connectivity index (χ3n) is 1.83. The highest BCUT2D eigenvalue weighted by Gasteiger charge is 2.17. The maximum absolute atomic E-state index is 11.6. The van der Waals surface area contributed by atoms with Gasteiger partial charge in [-0.05, 0) is 13.8 Å². The van der Waals surface area contributed by atoms with Crippen LogP contribution >= 0.6 is 11.3 Å². The molecule has 0 atom stereocenters. The number of aryl methyl sites for hydroxylation is 1. The van der Waals surface area contributed by atoms with Crippen molar-refractivity contribution in [1.29, 1.82) is 0 Å². The lowest BCUT2D eigenvalue weighted by atomic mass is 10.2. The smallest absolute Gasteiger partial charge is 0.341 e. The molecule has 6 heteroatoms. The molecule has 0 aliphatic carbocycles. The lowest BCUT2D eigenvalue weighted by Crippen LogP contribution is -2.27. The van der Waals surface area contributed by atoms with E-state index < -0.39 is 0 Å². The minimum Gasteiger partial charge on any atom is -0.462 e. The van der Waals surface area contributed by atoms with E-state index in [1.54, 1.807) is 12.3 Å². The van der Waals surface area contributed by atoms with E-state index in [0.717, 1.165) is 4.88 Å². The van der Waals surface area contributed by atoms with E-state index in [9.17, 15) is 9.59 Å². The Kier molecular flexibility index (Phi) is 4.30. The molecule has 0 unspecified atom stereocenters. The van der Waals surface area contributed by atoms with Crippen LogP contribution in [0.25, 0.3) is 0 Å². The zero-order valence-corrected chi connectivity index (χ0v) is 10.2. The van der Waals surface area contributed by atoms with Crippen molar-refractivity contribution in [3.63, 3.8) is 0 Å². The largest absolute Gasteiger partial charge is 0.462 e. The van der Waals surface area contributed by atoms with E-state index in [1.165, 1.54) is 18.3 Å². The second-order valence-corrected chi connectivity index (χ2v) is 4.19. The first-order valence-corrected chi connectivity index (χ1v) is 5.72. The summed E-state index contributed by atoms with van der Waals surface area (Å²) in [6.07, 6.45) is 0. The van der Waals surface area contributed by atoms with Gasteiger partial charge in [0.25, 0.3) is 0 Å². The van der Waals surface area contributed by atoms with Crippen LogP contribution in [-0.4, -0.2) is 18.5 Å². The Labute approximate surface area is 97.8 Å². The quantitative estimate of drug-likeness (QED) is 0.623. The van der Waals surface area contributed by atoms with Crippen molar-refractivity contribution in [1.82, 2.24) is 5.43 Å². The molecule has 0 aliphatic heterocycles. The SMILES string of the molecule is CCOC(=O)c1c(NNC(C)=O)csc1C. The van der Waals surface area contributed by atoms with Gasteiger partial charge in [-0.25, -0.2) is 4.79 Å². The van der Waals surface area contributed by atoms with Gasteiger partial charge in [0.05, 0.1) is 17.9 Å². The summed E-state index contributed by atoms with van der Waals surface area (Å²) in [5, 5.41) is 1.76. The summed E-state index contributed by atoms with van der Waals surface area (Å²) >= 11 is 1.42. The molecule has 1 aromatic heterocycles. The molecule has 1 rings (SSSR count). The van der Waals surface area contributed by atoms with Crippen molar-refractivity contribution in [3.05, 3.63) is 15.8 Å². The minimum atomic E-state index is -0.380. The van der Waals surface area contributed by atoms with Gasteiger partial charge in [0.15, 0.2) is 0 Å². The van der Waals surface area contributed by atoms with Crippen LogP contribution in [0.1, 0.15) is 29.1 Å². The van der Waals surface area contributed by atoms with Gasteiger partial charge in [0.1, 0.15) is 0 Å². The van der Waals surface area contributed by atoms with Crippen LogP contribution in [0, 0.1) is 6.92 Å². The van der Waals surface area contributed by atoms with Gasteiger partial charge < -0.3 is 4.74 Å². The van der Waals surface area contributed by atoms with Gasteiger partial charge in [-0.15, -0.1) is 11.3 Å². The summed E-state index contributed by atoms with van der Waals surface area (Å²) in [4.78, 5) is 23.2. The molecule has 0 saturated heterocycles. The van der Waals surface area contributed by atoms with Crippen LogP contribution in [0.2, 0.25) is 0 Å². The number of nitrogens with one attached hydrogen (secondary N) is 2. The van der Waals surface area contributed by atoms with Crippen molar-refractivity contribution in [3.8, 4) is 0 Å². The molecule has 2 N–H and O–H groups in total. The molecule has 16 heavy (non-hydrogen) atoms. The average molecular weight is 242 g/mol. The molecule has 0 radical (unpaired) electrons. The molecule has 0 spiro atoms. The Morgan fingerprint density at radius 3 is 2.75 bits per heavy atom. The Morgan fingerprint density at radius 1 is 1.50 bits per heavy atom. The number of carbonyl (C=O) groups excluding carboxylic acids is 2. The number of hydrazine groups is 1. The lowest BCUT2D eigenvalue weighted by Gasteiger charge is -2.07. The number of thiophene rings is 1.